The summed E-state index contributed by atoms with van der Waals surface area (Å²) in [6.07, 6.45) is 4.50. The van der Waals surface area contributed by atoms with Gasteiger partial charge < -0.3 is 4.90 Å². The van der Waals surface area contributed by atoms with Gasteiger partial charge in [-0.25, -0.2) is 4.98 Å². The lowest BCUT2D eigenvalue weighted by atomic mass is 9.95. The van der Waals surface area contributed by atoms with Gasteiger partial charge in [-0.15, -0.1) is 0 Å². The van der Waals surface area contributed by atoms with Gasteiger partial charge in [0.25, 0.3) is 0 Å². The highest BCUT2D eigenvalue weighted by Gasteiger charge is 2.26. The minimum atomic E-state index is 0.890. The first kappa shape index (κ1) is 9.97. The Morgan fingerprint density at radius 2 is 2.36 bits per heavy atom. The first-order chi connectivity index (χ1) is 6.79. The van der Waals surface area contributed by atoms with Crippen molar-refractivity contribution in [3.63, 3.8) is 0 Å². The molecular formula is C11H15BrN2. The Bertz CT molecular complexity index is 308. The molecular weight excluding hydrogens is 240 g/mol. The molecule has 3 heteroatoms. The molecule has 1 aliphatic heterocycles. The molecule has 2 rings (SSSR count). The van der Waals surface area contributed by atoms with Crippen molar-refractivity contribution in [2.75, 3.05) is 18.0 Å². The van der Waals surface area contributed by atoms with Crippen LogP contribution in [0.25, 0.3) is 0 Å². The van der Waals surface area contributed by atoms with Gasteiger partial charge >= 0.3 is 0 Å². The molecule has 1 fully saturated rings. The zero-order chi connectivity index (χ0) is 9.97. The number of nitrogens with zero attached hydrogens (tertiary/aromatic N) is 2. The number of hydrogen-bond acceptors (Lipinski definition) is 2. The zero-order valence-electron chi connectivity index (χ0n) is 8.41. The topological polar surface area (TPSA) is 16.1 Å². The highest BCUT2D eigenvalue weighted by Crippen LogP contribution is 2.27. The molecule has 1 aromatic rings. The molecule has 1 saturated heterocycles. The van der Waals surface area contributed by atoms with Crippen LogP contribution >= 0.6 is 15.9 Å². The maximum absolute atomic E-state index is 4.35. The van der Waals surface area contributed by atoms with Crippen LogP contribution in [0.5, 0.6) is 0 Å². The molecule has 1 aromatic heterocycles. The molecule has 0 unspecified atom stereocenters. The number of halogens is 1. The molecule has 2 heterocycles. The van der Waals surface area contributed by atoms with Crippen molar-refractivity contribution in [1.29, 1.82) is 0 Å². The summed E-state index contributed by atoms with van der Waals surface area (Å²) < 4.78 is 1.11. The molecule has 0 atom stereocenters. The van der Waals surface area contributed by atoms with E-state index in [9.17, 15) is 0 Å². The summed E-state index contributed by atoms with van der Waals surface area (Å²) in [6, 6.07) is 4.05. The molecule has 0 radical (unpaired) electrons. The van der Waals surface area contributed by atoms with Crippen LogP contribution in [0.1, 0.15) is 19.8 Å². The van der Waals surface area contributed by atoms with E-state index >= 15 is 0 Å². The maximum Gasteiger partial charge on any atom is 0.129 e. The van der Waals surface area contributed by atoms with Gasteiger partial charge in [-0.3, -0.25) is 0 Å². The monoisotopic (exact) mass is 254 g/mol. The summed E-state index contributed by atoms with van der Waals surface area (Å²) in [5.74, 6) is 1.99. The summed E-state index contributed by atoms with van der Waals surface area (Å²) in [6.45, 7) is 4.61. The SMILES string of the molecule is CCCC1CN(c2cc(Br)ccn2)C1. The zero-order valence-corrected chi connectivity index (χ0v) is 10.00. The molecule has 0 N–H and O–H groups in total. The Hall–Kier alpha value is -0.570. The van der Waals surface area contributed by atoms with Gasteiger partial charge in [0.1, 0.15) is 5.82 Å². The van der Waals surface area contributed by atoms with Crippen LogP contribution in [-0.4, -0.2) is 18.1 Å². The fourth-order valence-corrected chi connectivity index (χ4v) is 2.24. The van der Waals surface area contributed by atoms with Gasteiger partial charge in [0.05, 0.1) is 0 Å². The lowest BCUT2D eigenvalue weighted by Gasteiger charge is -2.40. The van der Waals surface area contributed by atoms with Crippen molar-refractivity contribution < 1.29 is 0 Å². The van der Waals surface area contributed by atoms with Gasteiger partial charge in [-0.05, 0) is 24.5 Å². The fraction of sp³-hybridized carbons (Fsp3) is 0.545. The summed E-state index contributed by atoms with van der Waals surface area (Å²) in [5, 5.41) is 0. The Kier molecular flexibility index (Phi) is 3.06. The number of aromatic nitrogens is 1. The summed E-state index contributed by atoms with van der Waals surface area (Å²) >= 11 is 3.46. The summed E-state index contributed by atoms with van der Waals surface area (Å²) in [5.41, 5.74) is 0. The fourth-order valence-electron chi connectivity index (χ4n) is 1.91. The number of anilines is 1. The van der Waals surface area contributed by atoms with Crippen molar-refractivity contribution in [1.82, 2.24) is 4.98 Å². The van der Waals surface area contributed by atoms with Gasteiger partial charge in [0.2, 0.25) is 0 Å². The molecule has 14 heavy (non-hydrogen) atoms. The van der Waals surface area contributed by atoms with E-state index in [0.717, 1.165) is 16.2 Å². The van der Waals surface area contributed by atoms with E-state index in [1.54, 1.807) is 0 Å². The van der Waals surface area contributed by atoms with E-state index in [2.05, 4.69) is 38.8 Å². The van der Waals surface area contributed by atoms with E-state index in [1.165, 1.54) is 25.9 Å². The molecule has 76 valence electrons. The molecule has 1 aliphatic rings. The average molecular weight is 255 g/mol. The van der Waals surface area contributed by atoms with E-state index in [1.807, 2.05) is 12.3 Å². The minimum absolute atomic E-state index is 0.890. The van der Waals surface area contributed by atoms with Crippen LogP contribution in [0.15, 0.2) is 22.8 Å². The number of pyridine rings is 1. The van der Waals surface area contributed by atoms with Crippen molar-refractivity contribution in [3.8, 4) is 0 Å². The molecule has 0 amide bonds. The molecule has 0 spiro atoms. The van der Waals surface area contributed by atoms with Gasteiger partial charge in [0, 0.05) is 23.8 Å². The van der Waals surface area contributed by atoms with Crippen LogP contribution in [-0.2, 0) is 0 Å². The summed E-state index contributed by atoms with van der Waals surface area (Å²) in [4.78, 5) is 6.69. The van der Waals surface area contributed by atoms with Crippen LogP contribution in [0.3, 0.4) is 0 Å². The highest BCUT2D eigenvalue weighted by molar-refractivity contribution is 9.10. The largest absolute Gasteiger partial charge is 0.356 e. The van der Waals surface area contributed by atoms with Gasteiger partial charge in [-0.1, -0.05) is 29.3 Å². The van der Waals surface area contributed by atoms with E-state index < -0.39 is 0 Å². The number of hydrogen-bond donors (Lipinski definition) is 0. The van der Waals surface area contributed by atoms with Gasteiger partial charge in [-0.2, -0.15) is 0 Å². The van der Waals surface area contributed by atoms with Crippen molar-refractivity contribution >= 4 is 21.7 Å². The van der Waals surface area contributed by atoms with Crippen LogP contribution in [0.4, 0.5) is 5.82 Å². The summed E-state index contributed by atoms with van der Waals surface area (Å²) in [7, 11) is 0. The van der Waals surface area contributed by atoms with Crippen molar-refractivity contribution in [3.05, 3.63) is 22.8 Å². The van der Waals surface area contributed by atoms with Crippen molar-refractivity contribution in [2.45, 2.75) is 19.8 Å². The predicted octanol–water partition coefficient (Wildman–Crippen LogP) is 3.08. The van der Waals surface area contributed by atoms with E-state index in [0.29, 0.717) is 0 Å². The van der Waals surface area contributed by atoms with E-state index in [4.69, 9.17) is 0 Å². The molecule has 0 aromatic carbocycles. The lowest BCUT2D eigenvalue weighted by molar-refractivity contribution is 0.378. The second kappa shape index (κ2) is 4.30. The predicted molar refractivity (Wildman–Crippen MR) is 62.5 cm³/mol. The first-order valence-corrected chi connectivity index (χ1v) is 5.95. The second-order valence-electron chi connectivity index (χ2n) is 3.89. The van der Waals surface area contributed by atoms with Crippen LogP contribution in [0, 0.1) is 5.92 Å². The standard InChI is InChI=1S/C11H15BrN2/c1-2-3-9-7-14(8-9)11-6-10(12)4-5-13-11/h4-6,9H,2-3,7-8H2,1H3. The highest BCUT2D eigenvalue weighted by atomic mass is 79.9. The minimum Gasteiger partial charge on any atom is -0.356 e. The quantitative estimate of drug-likeness (QED) is 0.825. The smallest absolute Gasteiger partial charge is 0.129 e. The molecule has 0 saturated carbocycles. The van der Waals surface area contributed by atoms with Gasteiger partial charge in [0.15, 0.2) is 0 Å². The average Bonchev–Trinajstić information content (AvgIpc) is 2.10. The Morgan fingerprint density at radius 3 is 3.00 bits per heavy atom. The normalized spacial score (nSPS) is 16.9. The third-order valence-electron chi connectivity index (χ3n) is 2.69. The second-order valence-corrected chi connectivity index (χ2v) is 4.81. The van der Waals surface area contributed by atoms with Crippen LogP contribution in [0.2, 0.25) is 0 Å². The van der Waals surface area contributed by atoms with E-state index in [-0.39, 0.29) is 0 Å². The first-order valence-electron chi connectivity index (χ1n) is 5.16. The Morgan fingerprint density at radius 1 is 1.57 bits per heavy atom. The molecule has 0 aliphatic carbocycles. The van der Waals surface area contributed by atoms with Crippen molar-refractivity contribution in [2.24, 2.45) is 5.92 Å². The lowest BCUT2D eigenvalue weighted by Crippen LogP contribution is -2.47. The molecule has 0 bridgehead atoms. The maximum atomic E-state index is 4.35. The third-order valence-corrected chi connectivity index (χ3v) is 3.18. The number of rotatable bonds is 3. The third kappa shape index (κ3) is 2.08. The molecule has 2 nitrogen and oxygen atoms in total. The Balaban J connectivity index is 1.93. The van der Waals surface area contributed by atoms with Crippen LogP contribution < -0.4 is 4.90 Å². The Labute approximate surface area is 93.5 Å².